The minimum Gasteiger partial charge on any atom is -0.507 e. The van der Waals surface area contributed by atoms with Crippen LogP contribution >= 0.6 is 0 Å². The Morgan fingerprint density at radius 3 is 2.06 bits per heavy atom. The highest BCUT2D eigenvalue weighted by molar-refractivity contribution is 5.98. The van der Waals surface area contributed by atoms with Crippen molar-refractivity contribution in [2.24, 2.45) is 0 Å². The number of phenolic OH excluding ortho intramolecular Hbond substituents is 1. The van der Waals surface area contributed by atoms with E-state index in [9.17, 15) is 5.11 Å². The quantitative estimate of drug-likeness (QED) is 0.174. The van der Waals surface area contributed by atoms with E-state index in [1.165, 1.54) is 16.7 Å². The smallest absolute Gasteiger partial charge is 0.149 e. The maximum Gasteiger partial charge on any atom is 0.149 e. The van der Waals surface area contributed by atoms with Gasteiger partial charge < -0.3 is 5.11 Å². The van der Waals surface area contributed by atoms with Gasteiger partial charge in [-0.2, -0.15) is 0 Å². The maximum atomic E-state index is 12.6. The summed E-state index contributed by atoms with van der Waals surface area (Å²) in [5, 5.41) is 12.6. The van der Waals surface area contributed by atoms with Gasteiger partial charge >= 0.3 is 0 Å². The lowest BCUT2D eigenvalue weighted by molar-refractivity contribution is 0.446. The van der Waals surface area contributed by atoms with Crippen LogP contribution in [-0.2, 0) is 21.7 Å². The van der Waals surface area contributed by atoms with Crippen LogP contribution in [-0.4, -0.2) is 19.6 Å². The Bertz CT molecular complexity index is 3060. The van der Waals surface area contributed by atoms with Gasteiger partial charge in [-0.3, -0.25) is 9.55 Å². The summed E-state index contributed by atoms with van der Waals surface area (Å²) >= 11 is 0. The Labute approximate surface area is 386 Å². The van der Waals surface area contributed by atoms with Gasteiger partial charge in [0, 0.05) is 34.2 Å². The fourth-order valence-electron chi connectivity index (χ4n) is 9.51. The summed E-state index contributed by atoms with van der Waals surface area (Å²) in [5.74, 6) is 1.16. The van der Waals surface area contributed by atoms with Crippen molar-refractivity contribution < 1.29 is 5.11 Å². The number of fused-ring (bicyclic) bond motifs is 1. The van der Waals surface area contributed by atoms with E-state index >= 15 is 0 Å². The molecule has 0 bridgehead atoms. The van der Waals surface area contributed by atoms with Crippen molar-refractivity contribution in [3.8, 4) is 56.3 Å². The second kappa shape index (κ2) is 16.5. The zero-order valence-corrected chi connectivity index (χ0v) is 39.9. The van der Waals surface area contributed by atoms with Crippen LogP contribution in [0.2, 0.25) is 0 Å². The molecule has 328 valence electrons. The van der Waals surface area contributed by atoms with E-state index in [1.54, 1.807) is 0 Å². The number of nitrogens with zero attached hydrogens (tertiary/aromatic N) is 3. The van der Waals surface area contributed by atoms with Crippen molar-refractivity contribution >= 4 is 11.0 Å². The SMILES string of the molecule is CC(C)(C)c1ccc(-n2c(-c3cc(C(C)(C)C)cc(C(C)(C)C)c3O)nc3c(-c4cc(-c5ccccc5)cc(-c5cc(C6(C)C=CC=CC6)ccn5)c4)cccc32)c(C2C=CC=CC2)c1. The van der Waals surface area contributed by atoms with Crippen LogP contribution in [0.3, 0.4) is 0 Å². The lowest BCUT2D eigenvalue weighted by atomic mass is 9.77. The van der Waals surface area contributed by atoms with Crippen molar-refractivity contribution in [1.82, 2.24) is 14.5 Å². The van der Waals surface area contributed by atoms with Gasteiger partial charge in [0.1, 0.15) is 11.6 Å². The molecule has 9 rings (SSSR count). The Morgan fingerprint density at radius 2 is 1.37 bits per heavy atom. The molecule has 4 heteroatoms. The normalized spacial score (nSPS) is 17.6. The molecule has 65 heavy (non-hydrogen) atoms. The highest BCUT2D eigenvalue weighted by Gasteiger charge is 2.31. The number of para-hydroxylation sites is 1. The lowest BCUT2D eigenvalue weighted by Crippen LogP contribution is -2.19. The molecule has 2 atom stereocenters. The largest absolute Gasteiger partial charge is 0.507 e. The van der Waals surface area contributed by atoms with Gasteiger partial charge in [-0.25, -0.2) is 4.98 Å². The first-order valence-electron chi connectivity index (χ1n) is 23.3. The number of benzene rings is 5. The summed E-state index contributed by atoms with van der Waals surface area (Å²) in [6.07, 6.45) is 21.5. The van der Waals surface area contributed by atoms with Gasteiger partial charge in [0.05, 0.1) is 28.0 Å². The summed E-state index contributed by atoms with van der Waals surface area (Å²) in [4.78, 5) is 10.7. The van der Waals surface area contributed by atoms with Crippen molar-refractivity contribution in [2.45, 2.75) is 110 Å². The minimum absolute atomic E-state index is 0.0485. The number of pyridine rings is 1. The van der Waals surface area contributed by atoms with Crippen LogP contribution < -0.4 is 0 Å². The number of phenols is 1. The molecule has 7 aromatic rings. The van der Waals surface area contributed by atoms with E-state index in [-0.39, 0.29) is 33.3 Å². The molecular weight excluding hydrogens is 791 g/mol. The number of hydrogen-bond acceptors (Lipinski definition) is 3. The Kier molecular flexibility index (Phi) is 11.1. The molecular formula is C61H63N3O. The van der Waals surface area contributed by atoms with Gasteiger partial charge in [0.25, 0.3) is 0 Å². The predicted octanol–water partition coefficient (Wildman–Crippen LogP) is 16.1. The topological polar surface area (TPSA) is 50.9 Å². The third-order valence-corrected chi connectivity index (χ3v) is 13.5. The molecule has 2 aromatic heterocycles. The van der Waals surface area contributed by atoms with Gasteiger partial charge in [0.2, 0.25) is 0 Å². The Balaban J connectivity index is 1.35. The molecule has 4 nitrogen and oxygen atoms in total. The first-order chi connectivity index (χ1) is 30.9. The zero-order chi connectivity index (χ0) is 45.9. The van der Waals surface area contributed by atoms with Crippen molar-refractivity contribution in [3.63, 3.8) is 0 Å². The molecule has 2 aliphatic carbocycles. The number of aromatic hydroxyl groups is 1. The van der Waals surface area contributed by atoms with E-state index < -0.39 is 0 Å². The molecule has 0 amide bonds. The number of aromatic nitrogens is 3. The molecule has 2 unspecified atom stereocenters. The molecule has 0 radical (unpaired) electrons. The van der Waals surface area contributed by atoms with Crippen molar-refractivity contribution in [1.29, 1.82) is 0 Å². The monoisotopic (exact) mass is 853 g/mol. The fourth-order valence-corrected chi connectivity index (χ4v) is 9.51. The molecule has 0 aliphatic heterocycles. The maximum absolute atomic E-state index is 12.6. The van der Waals surface area contributed by atoms with Crippen molar-refractivity contribution in [2.75, 3.05) is 0 Å². The standard InChI is InChI=1S/C61H63N3O/c1-58(2,3)45-27-28-53(49(36-45)41-23-16-12-17-24-41)64-54-26-20-25-48(55(54)63-57(64)50-37-47(59(4,5)6)38-51(56(50)65)60(7,8)9)43-33-42(40-21-14-11-15-22-40)34-44(35-43)52-39-46(29-32-62-52)61(10)30-18-13-19-31-61/h11-23,25-30,32-39,41,65H,24,31H2,1-10H3. The van der Waals surface area contributed by atoms with Crippen LogP contribution in [0.25, 0.3) is 61.6 Å². The minimum atomic E-state index is -0.318. The van der Waals surface area contributed by atoms with Gasteiger partial charge in [-0.05, 0) is 117 Å². The first kappa shape index (κ1) is 43.7. The molecule has 5 aromatic carbocycles. The summed E-state index contributed by atoms with van der Waals surface area (Å²) < 4.78 is 2.33. The average molecular weight is 854 g/mol. The average Bonchev–Trinajstić information content (AvgIpc) is 3.68. The summed E-state index contributed by atoms with van der Waals surface area (Å²) in [6.45, 7) is 22.4. The van der Waals surface area contributed by atoms with E-state index in [0.29, 0.717) is 0 Å². The highest BCUT2D eigenvalue weighted by atomic mass is 16.3. The van der Waals surface area contributed by atoms with Crippen LogP contribution in [0, 0.1) is 0 Å². The van der Waals surface area contributed by atoms with Gasteiger partial charge in [-0.1, -0.05) is 179 Å². The summed E-state index contributed by atoms with van der Waals surface area (Å²) in [6, 6.07) is 39.8. The Morgan fingerprint density at radius 1 is 0.631 bits per heavy atom. The summed E-state index contributed by atoms with van der Waals surface area (Å²) in [7, 11) is 0. The zero-order valence-electron chi connectivity index (χ0n) is 39.9. The van der Waals surface area contributed by atoms with Crippen molar-refractivity contribution in [3.05, 3.63) is 192 Å². The van der Waals surface area contributed by atoms with E-state index in [1.807, 2.05) is 6.20 Å². The molecule has 0 spiro atoms. The molecule has 0 fully saturated rings. The number of allylic oxidation sites excluding steroid dienone is 8. The van der Waals surface area contributed by atoms with Crippen LogP contribution in [0.1, 0.15) is 116 Å². The molecule has 2 heterocycles. The second-order valence-corrected chi connectivity index (χ2v) is 21.5. The number of hydrogen-bond donors (Lipinski definition) is 1. The second-order valence-electron chi connectivity index (χ2n) is 21.5. The Hall–Kier alpha value is -6.52. The third kappa shape index (κ3) is 8.48. The van der Waals surface area contributed by atoms with Crippen LogP contribution in [0.5, 0.6) is 5.75 Å². The predicted molar refractivity (Wildman–Crippen MR) is 274 cm³/mol. The van der Waals surface area contributed by atoms with E-state index in [2.05, 4.69) is 232 Å². The molecule has 2 aliphatic rings. The molecule has 0 saturated carbocycles. The fraction of sp³-hybridized carbons (Fsp3) is 0.279. The highest BCUT2D eigenvalue weighted by Crippen LogP contribution is 2.46. The number of imidazole rings is 1. The first-order valence-corrected chi connectivity index (χ1v) is 23.3. The lowest BCUT2D eigenvalue weighted by Gasteiger charge is -2.28. The van der Waals surface area contributed by atoms with Gasteiger partial charge in [0.15, 0.2) is 0 Å². The van der Waals surface area contributed by atoms with Gasteiger partial charge in [-0.15, -0.1) is 0 Å². The van der Waals surface area contributed by atoms with E-state index in [0.717, 1.165) is 85.6 Å². The van der Waals surface area contributed by atoms with E-state index in [4.69, 9.17) is 9.97 Å². The molecule has 1 N–H and O–H groups in total. The van der Waals surface area contributed by atoms with Crippen LogP contribution in [0.4, 0.5) is 0 Å². The van der Waals surface area contributed by atoms with Crippen LogP contribution in [0.15, 0.2) is 164 Å². The molecule has 0 saturated heterocycles. The third-order valence-electron chi connectivity index (χ3n) is 13.5. The number of rotatable bonds is 7. The summed E-state index contributed by atoms with van der Waals surface area (Å²) in [5.41, 5.74) is 15.1.